The third kappa shape index (κ3) is 3.93. The topological polar surface area (TPSA) is 71.4 Å². The molecule has 6 heteroatoms. The van der Waals surface area contributed by atoms with Gasteiger partial charge in [-0.15, -0.1) is 11.8 Å². The lowest BCUT2D eigenvalue weighted by Crippen LogP contribution is -2.09. The predicted octanol–water partition coefficient (Wildman–Crippen LogP) is 2.38. The molecular weight excluding hydrogens is 264 g/mol. The summed E-state index contributed by atoms with van der Waals surface area (Å²) in [6, 6.07) is 9.03. The van der Waals surface area contributed by atoms with E-state index in [1.54, 1.807) is 25.5 Å². The van der Waals surface area contributed by atoms with Crippen LogP contribution in [-0.4, -0.2) is 26.4 Å². The van der Waals surface area contributed by atoms with Gasteiger partial charge < -0.3 is 14.8 Å². The Morgan fingerprint density at radius 2 is 2.16 bits per heavy atom. The van der Waals surface area contributed by atoms with Gasteiger partial charge in [0.15, 0.2) is 5.57 Å². The fraction of sp³-hybridized carbons (Fsp3) is 0.231. The van der Waals surface area contributed by atoms with Gasteiger partial charge in [-0.05, 0) is 18.4 Å². The Labute approximate surface area is 116 Å². The Hall–Kier alpha value is -2.13. The van der Waals surface area contributed by atoms with Gasteiger partial charge in [0.05, 0.1) is 19.2 Å². The van der Waals surface area contributed by atoms with Gasteiger partial charge in [-0.3, -0.25) is 0 Å². The van der Waals surface area contributed by atoms with Gasteiger partial charge in [-0.2, -0.15) is 5.26 Å². The molecule has 0 radical (unpaired) electrons. The zero-order valence-corrected chi connectivity index (χ0v) is 11.7. The second kappa shape index (κ2) is 7.34. The van der Waals surface area contributed by atoms with Gasteiger partial charge >= 0.3 is 5.97 Å². The van der Waals surface area contributed by atoms with Crippen LogP contribution in [0.15, 0.2) is 34.9 Å². The second-order valence-corrected chi connectivity index (χ2v) is 4.19. The second-order valence-electron chi connectivity index (χ2n) is 3.37. The van der Waals surface area contributed by atoms with Gasteiger partial charge in [0, 0.05) is 11.8 Å². The number of nitrogens with zero attached hydrogens (tertiary/aromatic N) is 1. The van der Waals surface area contributed by atoms with Gasteiger partial charge in [-0.25, -0.2) is 4.79 Å². The van der Waals surface area contributed by atoms with Crippen molar-refractivity contribution in [1.29, 1.82) is 5.26 Å². The zero-order valence-electron chi connectivity index (χ0n) is 10.9. The van der Waals surface area contributed by atoms with E-state index in [9.17, 15) is 4.79 Å². The summed E-state index contributed by atoms with van der Waals surface area (Å²) in [5.41, 5.74) is 0.665. The van der Waals surface area contributed by atoms with Crippen LogP contribution in [0.4, 0.5) is 5.69 Å². The van der Waals surface area contributed by atoms with E-state index in [4.69, 9.17) is 10.00 Å². The molecule has 100 valence electrons. The Kier molecular flexibility index (Phi) is 5.76. The van der Waals surface area contributed by atoms with Crippen molar-refractivity contribution in [2.75, 3.05) is 25.8 Å². The molecule has 0 aliphatic heterocycles. The summed E-state index contributed by atoms with van der Waals surface area (Å²) >= 11 is 1.26. The zero-order chi connectivity index (χ0) is 14.3. The Bertz CT molecular complexity index is 535. The van der Waals surface area contributed by atoms with E-state index in [2.05, 4.69) is 10.1 Å². The average molecular weight is 278 g/mol. The quantitative estimate of drug-likeness (QED) is 0.506. The van der Waals surface area contributed by atoms with E-state index in [0.717, 1.165) is 5.69 Å². The lowest BCUT2D eigenvalue weighted by Gasteiger charge is -2.11. The first-order valence-electron chi connectivity index (χ1n) is 5.34. The predicted molar refractivity (Wildman–Crippen MR) is 74.8 cm³/mol. The first-order valence-corrected chi connectivity index (χ1v) is 6.56. The number of carbonyl (C=O) groups is 1. The Balaban J connectivity index is 3.07. The fourth-order valence-electron chi connectivity index (χ4n) is 1.34. The summed E-state index contributed by atoms with van der Waals surface area (Å²) in [5.74, 6) is 0.0178. The van der Waals surface area contributed by atoms with E-state index in [1.165, 1.54) is 18.9 Å². The summed E-state index contributed by atoms with van der Waals surface area (Å²) in [4.78, 5) is 11.5. The van der Waals surface area contributed by atoms with Gasteiger partial charge in [0.25, 0.3) is 0 Å². The summed E-state index contributed by atoms with van der Waals surface area (Å²) in [6.07, 6.45) is 1.77. The third-order valence-electron chi connectivity index (χ3n) is 2.26. The lowest BCUT2D eigenvalue weighted by atomic mass is 10.3. The lowest BCUT2D eigenvalue weighted by molar-refractivity contribution is -0.135. The average Bonchev–Trinajstić information content (AvgIpc) is 2.46. The molecule has 19 heavy (non-hydrogen) atoms. The number of rotatable bonds is 5. The molecule has 1 rings (SSSR count). The van der Waals surface area contributed by atoms with Crippen molar-refractivity contribution in [3.63, 3.8) is 0 Å². The molecule has 0 atom stereocenters. The number of thioether (sulfide) groups is 1. The van der Waals surface area contributed by atoms with Crippen LogP contribution in [0.2, 0.25) is 0 Å². The molecule has 0 bridgehead atoms. The van der Waals surface area contributed by atoms with Crippen LogP contribution in [-0.2, 0) is 9.53 Å². The highest BCUT2D eigenvalue weighted by Crippen LogP contribution is 2.24. The minimum absolute atomic E-state index is 0.0576. The van der Waals surface area contributed by atoms with Crippen LogP contribution in [0.5, 0.6) is 5.75 Å². The molecule has 1 aromatic rings. The van der Waals surface area contributed by atoms with Crippen LogP contribution < -0.4 is 10.1 Å². The molecule has 5 nitrogen and oxygen atoms in total. The smallest absolute Gasteiger partial charge is 0.351 e. The van der Waals surface area contributed by atoms with Crippen LogP contribution >= 0.6 is 11.8 Å². The van der Waals surface area contributed by atoms with Crippen LogP contribution in [0, 0.1) is 11.3 Å². The first kappa shape index (κ1) is 14.9. The van der Waals surface area contributed by atoms with Crippen molar-refractivity contribution in [2.24, 2.45) is 0 Å². The number of carbonyl (C=O) groups excluding carboxylic acids is 1. The maximum atomic E-state index is 11.5. The first-order chi connectivity index (χ1) is 9.15. The maximum absolute atomic E-state index is 11.5. The molecule has 0 heterocycles. The monoisotopic (exact) mass is 278 g/mol. The highest BCUT2D eigenvalue weighted by molar-refractivity contribution is 8.02. The van der Waals surface area contributed by atoms with E-state index in [0.29, 0.717) is 10.8 Å². The SMILES string of the molecule is COC(=O)/C(C#N)=C(\Nc1cccc(OC)c1)SC. The highest BCUT2D eigenvalue weighted by Gasteiger charge is 2.15. The van der Waals surface area contributed by atoms with E-state index in [1.807, 2.05) is 18.2 Å². The highest BCUT2D eigenvalue weighted by atomic mass is 32.2. The Morgan fingerprint density at radius 1 is 1.42 bits per heavy atom. The number of benzene rings is 1. The summed E-state index contributed by atoms with van der Waals surface area (Å²) in [7, 11) is 2.81. The standard InChI is InChI=1S/C13H14N2O3S/c1-17-10-6-4-5-9(7-10)15-12(19-3)11(8-14)13(16)18-2/h4-7,15H,1-3H3/b12-11+. The van der Waals surface area contributed by atoms with Crippen molar-refractivity contribution in [3.05, 3.63) is 34.9 Å². The van der Waals surface area contributed by atoms with Crippen molar-refractivity contribution >= 4 is 23.4 Å². The summed E-state index contributed by atoms with van der Waals surface area (Å²) < 4.78 is 9.68. The maximum Gasteiger partial charge on any atom is 0.351 e. The normalized spacial score (nSPS) is 11.1. The molecule has 0 saturated carbocycles. The van der Waals surface area contributed by atoms with Crippen LogP contribution in [0.3, 0.4) is 0 Å². The Morgan fingerprint density at radius 3 is 2.68 bits per heavy atom. The van der Waals surface area contributed by atoms with Crippen molar-refractivity contribution in [3.8, 4) is 11.8 Å². The molecule has 0 amide bonds. The van der Waals surface area contributed by atoms with E-state index >= 15 is 0 Å². The van der Waals surface area contributed by atoms with E-state index < -0.39 is 5.97 Å². The van der Waals surface area contributed by atoms with Gasteiger partial charge in [0.2, 0.25) is 0 Å². The van der Waals surface area contributed by atoms with Gasteiger partial charge in [-0.1, -0.05) is 6.07 Å². The molecule has 0 fully saturated rings. The number of anilines is 1. The fourth-order valence-corrected chi connectivity index (χ4v) is 1.89. The number of esters is 1. The number of nitriles is 1. The molecule has 0 aliphatic carbocycles. The molecule has 1 N–H and O–H groups in total. The van der Waals surface area contributed by atoms with Crippen molar-refractivity contribution < 1.29 is 14.3 Å². The minimum Gasteiger partial charge on any atom is -0.497 e. The molecule has 0 spiro atoms. The molecule has 0 saturated heterocycles. The van der Waals surface area contributed by atoms with Crippen molar-refractivity contribution in [1.82, 2.24) is 0 Å². The molecule has 0 aliphatic rings. The third-order valence-corrected chi connectivity index (χ3v) is 2.97. The molecule has 0 aromatic heterocycles. The number of hydrogen-bond acceptors (Lipinski definition) is 6. The summed E-state index contributed by atoms with van der Waals surface area (Å²) in [6.45, 7) is 0. The molecule has 1 aromatic carbocycles. The number of nitrogens with one attached hydrogen (secondary N) is 1. The minimum atomic E-state index is -0.665. The van der Waals surface area contributed by atoms with Crippen molar-refractivity contribution in [2.45, 2.75) is 0 Å². The van der Waals surface area contributed by atoms with Crippen LogP contribution in [0.1, 0.15) is 0 Å². The number of hydrogen-bond donors (Lipinski definition) is 1. The molecular formula is C13H14N2O3S. The number of ether oxygens (including phenoxy) is 2. The van der Waals surface area contributed by atoms with Gasteiger partial charge in [0.1, 0.15) is 11.8 Å². The summed E-state index contributed by atoms with van der Waals surface area (Å²) in [5, 5.41) is 12.5. The van der Waals surface area contributed by atoms with E-state index in [-0.39, 0.29) is 5.57 Å². The number of methoxy groups -OCH3 is 2. The molecule has 0 unspecified atom stereocenters. The van der Waals surface area contributed by atoms with Crippen LogP contribution in [0.25, 0.3) is 0 Å². The largest absolute Gasteiger partial charge is 0.497 e.